The van der Waals surface area contributed by atoms with E-state index in [1.54, 1.807) is 0 Å². The molecule has 0 radical (unpaired) electrons. The summed E-state index contributed by atoms with van der Waals surface area (Å²) in [6.07, 6.45) is -4.60. The van der Waals surface area contributed by atoms with Gasteiger partial charge in [-0.15, -0.1) is 0 Å². The van der Waals surface area contributed by atoms with Crippen LogP contribution in [0.15, 0.2) is 0 Å². The average Bonchev–Trinajstić information content (AvgIpc) is 2.22. The first-order valence-electron chi connectivity index (χ1n) is 5.14. The number of carboxylic acids is 1. The molecule has 0 saturated carbocycles. The maximum absolute atomic E-state index is 12.2. The van der Waals surface area contributed by atoms with Crippen LogP contribution in [0.25, 0.3) is 0 Å². The number of amides is 2. The van der Waals surface area contributed by atoms with Crippen LogP contribution in [-0.2, 0) is 4.79 Å². The molecule has 0 fully saturated rings. The highest BCUT2D eigenvalue weighted by Gasteiger charge is 2.34. The van der Waals surface area contributed by atoms with Gasteiger partial charge in [0.15, 0.2) is 0 Å². The van der Waals surface area contributed by atoms with E-state index in [-0.39, 0.29) is 6.54 Å². The van der Waals surface area contributed by atoms with Gasteiger partial charge in [0.05, 0.1) is 6.61 Å². The minimum Gasteiger partial charge on any atom is -0.480 e. The largest absolute Gasteiger partial charge is 0.480 e. The number of urea groups is 1. The zero-order valence-corrected chi connectivity index (χ0v) is 9.77. The number of aliphatic carboxylic acids is 1. The van der Waals surface area contributed by atoms with Crippen LogP contribution in [0.3, 0.4) is 0 Å². The Morgan fingerprint density at radius 2 is 1.78 bits per heavy atom. The van der Waals surface area contributed by atoms with E-state index in [0.717, 1.165) is 4.90 Å². The summed E-state index contributed by atoms with van der Waals surface area (Å²) in [5, 5.41) is 17.1. The summed E-state index contributed by atoms with van der Waals surface area (Å²) < 4.78 is 36.6. The minimum atomic E-state index is -4.60. The number of halogens is 3. The van der Waals surface area contributed by atoms with Crippen LogP contribution in [0.2, 0.25) is 0 Å². The monoisotopic (exact) mass is 272 g/mol. The number of likely N-dealkylation sites (N-methyl/N-ethyl adjacent to an activating group) is 1. The van der Waals surface area contributed by atoms with Crippen LogP contribution in [0.5, 0.6) is 0 Å². The molecular formula is C9H15F3N2O4. The molecule has 2 amide bonds. The molecule has 0 rings (SSSR count). The Hall–Kier alpha value is -1.51. The number of aliphatic hydroxyl groups is 1. The van der Waals surface area contributed by atoms with E-state index in [0.29, 0.717) is 4.90 Å². The van der Waals surface area contributed by atoms with Crippen LogP contribution in [0.4, 0.5) is 18.0 Å². The number of alkyl halides is 3. The average molecular weight is 272 g/mol. The Balaban J connectivity index is 4.76. The predicted octanol–water partition coefficient (Wildman–Crippen LogP) is 0.369. The summed E-state index contributed by atoms with van der Waals surface area (Å²) >= 11 is 0. The van der Waals surface area contributed by atoms with Crippen molar-refractivity contribution in [1.82, 2.24) is 9.80 Å². The second-order valence-corrected chi connectivity index (χ2v) is 3.45. The Bertz CT molecular complexity index is 296. The summed E-state index contributed by atoms with van der Waals surface area (Å²) in [5.41, 5.74) is 0. The predicted molar refractivity (Wildman–Crippen MR) is 55.0 cm³/mol. The Labute approximate surface area is 102 Å². The van der Waals surface area contributed by atoms with E-state index >= 15 is 0 Å². The molecule has 18 heavy (non-hydrogen) atoms. The van der Waals surface area contributed by atoms with Gasteiger partial charge >= 0.3 is 18.2 Å². The van der Waals surface area contributed by atoms with Gasteiger partial charge in [0.1, 0.15) is 13.1 Å². The number of carbonyl (C=O) groups is 2. The van der Waals surface area contributed by atoms with Crippen molar-refractivity contribution >= 4 is 12.0 Å². The Morgan fingerprint density at radius 1 is 1.22 bits per heavy atom. The summed E-state index contributed by atoms with van der Waals surface area (Å²) in [6.45, 7) is -1.94. The van der Waals surface area contributed by atoms with Crippen LogP contribution in [0, 0.1) is 0 Å². The highest BCUT2D eigenvalue weighted by atomic mass is 19.4. The maximum atomic E-state index is 12.2. The lowest BCUT2D eigenvalue weighted by atomic mass is 10.4. The van der Waals surface area contributed by atoms with Gasteiger partial charge in [0, 0.05) is 13.1 Å². The van der Waals surface area contributed by atoms with Crippen molar-refractivity contribution in [2.75, 3.05) is 32.8 Å². The molecule has 0 aromatic heterocycles. The van der Waals surface area contributed by atoms with Crippen molar-refractivity contribution in [2.24, 2.45) is 0 Å². The zero-order chi connectivity index (χ0) is 14.3. The molecule has 0 aromatic rings. The minimum absolute atomic E-state index is 0.0368. The fourth-order valence-corrected chi connectivity index (χ4v) is 1.26. The van der Waals surface area contributed by atoms with Crippen molar-refractivity contribution in [1.29, 1.82) is 0 Å². The van der Waals surface area contributed by atoms with Crippen molar-refractivity contribution in [3.63, 3.8) is 0 Å². The quantitative estimate of drug-likeness (QED) is 0.732. The molecule has 0 aliphatic rings. The number of carbonyl (C=O) groups excluding carboxylic acids is 1. The van der Waals surface area contributed by atoms with Crippen LogP contribution in [0.1, 0.15) is 6.92 Å². The van der Waals surface area contributed by atoms with Gasteiger partial charge in [-0.3, -0.25) is 4.79 Å². The molecule has 0 saturated heterocycles. The lowest BCUT2D eigenvalue weighted by Gasteiger charge is -2.29. The van der Waals surface area contributed by atoms with Gasteiger partial charge in [-0.25, -0.2) is 4.79 Å². The van der Waals surface area contributed by atoms with E-state index in [4.69, 9.17) is 10.2 Å². The summed E-state index contributed by atoms with van der Waals surface area (Å²) in [6, 6.07) is -1.06. The first-order valence-corrected chi connectivity index (χ1v) is 5.14. The molecular weight excluding hydrogens is 257 g/mol. The van der Waals surface area contributed by atoms with E-state index in [1.807, 2.05) is 0 Å². The van der Waals surface area contributed by atoms with Gasteiger partial charge in [-0.1, -0.05) is 0 Å². The van der Waals surface area contributed by atoms with Crippen LogP contribution >= 0.6 is 0 Å². The van der Waals surface area contributed by atoms with E-state index in [2.05, 4.69) is 0 Å². The molecule has 0 unspecified atom stereocenters. The standard InChI is InChI=1S/C9H15F3N2O4/c1-2-13(5-7(16)17)8(18)14(3-4-15)6-9(10,11)12/h15H,2-6H2,1H3,(H,16,17). The molecule has 0 heterocycles. The molecule has 0 aliphatic heterocycles. The smallest absolute Gasteiger partial charge is 0.406 e. The van der Waals surface area contributed by atoms with Crippen LogP contribution < -0.4 is 0 Å². The maximum Gasteiger partial charge on any atom is 0.406 e. The van der Waals surface area contributed by atoms with Crippen molar-refractivity contribution in [3.8, 4) is 0 Å². The number of hydrogen-bond donors (Lipinski definition) is 2. The first-order chi connectivity index (χ1) is 8.21. The van der Waals surface area contributed by atoms with E-state index in [1.165, 1.54) is 6.92 Å². The second kappa shape index (κ2) is 7.04. The Morgan fingerprint density at radius 3 is 2.11 bits per heavy atom. The van der Waals surface area contributed by atoms with Gasteiger partial charge in [-0.2, -0.15) is 13.2 Å². The fourth-order valence-electron chi connectivity index (χ4n) is 1.26. The SMILES string of the molecule is CCN(CC(=O)O)C(=O)N(CCO)CC(F)(F)F. The zero-order valence-electron chi connectivity index (χ0n) is 9.77. The first kappa shape index (κ1) is 16.5. The highest BCUT2D eigenvalue weighted by Crippen LogP contribution is 2.17. The molecule has 0 spiro atoms. The third-order valence-corrected chi connectivity index (χ3v) is 1.99. The molecule has 0 bridgehead atoms. The Kier molecular flexibility index (Phi) is 6.45. The number of carboxylic acid groups (broad SMARTS) is 1. The molecule has 106 valence electrons. The van der Waals surface area contributed by atoms with E-state index in [9.17, 15) is 22.8 Å². The fraction of sp³-hybridized carbons (Fsp3) is 0.778. The van der Waals surface area contributed by atoms with Gasteiger partial charge in [0.25, 0.3) is 0 Å². The number of nitrogens with zero attached hydrogens (tertiary/aromatic N) is 2. The highest BCUT2D eigenvalue weighted by molar-refractivity contribution is 5.80. The molecule has 2 N–H and O–H groups in total. The second-order valence-electron chi connectivity index (χ2n) is 3.45. The summed E-state index contributed by atoms with van der Waals surface area (Å²) in [7, 11) is 0. The molecule has 0 aliphatic carbocycles. The van der Waals surface area contributed by atoms with E-state index < -0.39 is 44.4 Å². The van der Waals surface area contributed by atoms with Crippen molar-refractivity contribution in [3.05, 3.63) is 0 Å². The van der Waals surface area contributed by atoms with Gasteiger partial charge in [0.2, 0.25) is 0 Å². The third-order valence-electron chi connectivity index (χ3n) is 1.99. The summed E-state index contributed by atoms with van der Waals surface area (Å²) in [4.78, 5) is 23.2. The summed E-state index contributed by atoms with van der Waals surface area (Å²) in [5.74, 6) is -1.32. The molecule has 6 nitrogen and oxygen atoms in total. The molecule has 9 heteroatoms. The third kappa shape index (κ3) is 6.28. The number of hydrogen-bond acceptors (Lipinski definition) is 3. The normalized spacial score (nSPS) is 11.2. The lowest BCUT2D eigenvalue weighted by Crippen LogP contribution is -2.49. The number of aliphatic hydroxyl groups excluding tert-OH is 1. The number of rotatable bonds is 6. The van der Waals surface area contributed by atoms with Crippen LogP contribution in [-0.4, -0.2) is 71.0 Å². The van der Waals surface area contributed by atoms with Crippen molar-refractivity contribution < 1.29 is 33.0 Å². The topological polar surface area (TPSA) is 81.1 Å². The van der Waals surface area contributed by atoms with Gasteiger partial charge < -0.3 is 20.0 Å². The lowest BCUT2D eigenvalue weighted by molar-refractivity contribution is -0.142. The molecule has 0 atom stereocenters. The van der Waals surface area contributed by atoms with Gasteiger partial charge in [-0.05, 0) is 6.92 Å². The molecule has 0 aromatic carbocycles. The van der Waals surface area contributed by atoms with Crippen molar-refractivity contribution in [2.45, 2.75) is 13.1 Å².